The Morgan fingerprint density at radius 3 is 1.96 bits per heavy atom. The Hall–Kier alpha value is -3.51. The van der Waals surface area contributed by atoms with E-state index in [0.717, 1.165) is 16.7 Å². The number of carboxylic acid groups (broad SMARTS) is 1. The molecule has 0 saturated carbocycles. The summed E-state index contributed by atoms with van der Waals surface area (Å²) in [6.45, 7) is 0.381. The summed E-state index contributed by atoms with van der Waals surface area (Å²) in [5.41, 5.74) is 3.70. The van der Waals surface area contributed by atoms with Gasteiger partial charge in [-0.3, -0.25) is 10.1 Å². The Morgan fingerprint density at radius 1 is 0.786 bits per heavy atom. The zero-order valence-electron chi connectivity index (χ0n) is 14.9. The Morgan fingerprint density at radius 2 is 1.36 bits per heavy atom. The van der Waals surface area contributed by atoms with Crippen molar-refractivity contribution < 1.29 is 14.7 Å². The maximum absolute atomic E-state index is 12.3. The van der Waals surface area contributed by atoms with Gasteiger partial charge in [0.05, 0.1) is 5.56 Å². The van der Waals surface area contributed by atoms with Gasteiger partial charge in [0.2, 0.25) is 0 Å². The number of carboxylic acids is 1. The molecule has 0 fully saturated rings. The van der Waals surface area contributed by atoms with E-state index < -0.39 is 5.97 Å². The van der Waals surface area contributed by atoms with Gasteiger partial charge in [0.1, 0.15) is 0 Å². The summed E-state index contributed by atoms with van der Waals surface area (Å²) >= 11 is 5.16. The van der Waals surface area contributed by atoms with E-state index in [1.165, 1.54) is 12.1 Å². The first-order chi connectivity index (χ1) is 13.5. The smallest absolute Gasteiger partial charge is 0.335 e. The van der Waals surface area contributed by atoms with Crippen LogP contribution in [-0.4, -0.2) is 22.1 Å². The lowest BCUT2D eigenvalue weighted by atomic mass is 10.0. The number of aromatic carboxylic acids is 1. The molecule has 0 saturated heterocycles. The van der Waals surface area contributed by atoms with E-state index in [1.807, 2.05) is 42.5 Å². The van der Waals surface area contributed by atoms with Crippen molar-refractivity contribution in [3.63, 3.8) is 0 Å². The van der Waals surface area contributed by atoms with Gasteiger partial charge in [-0.15, -0.1) is 0 Å². The van der Waals surface area contributed by atoms with Crippen LogP contribution >= 0.6 is 12.2 Å². The summed E-state index contributed by atoms with van der Waals surface area (Å²) in [5.74, 6) is -1.26. The molecule has 5 nitrogen and oxygen atoms in total. The summed E-state index contributed by atoms with van der Waals surface area (Å²) in [7, 11) is 0. The van der Waals surface area contributed by atoms with Crippen LogP contribution in [0.4, 0.5) is 0 Å². The highest BCUT2D eigenvalue weighted by Crippen LogP contribution is 2.19. The van der Waals surface area contributed by atoms with Crippen molar-refractivity contribution in [1.82, 2.24) is 10.6 Å². The molecule has 0 aliphatic carbocycles. The maximum Gasteiger partial charge on any atom is 0.335 e. The molecule has 0 spiro atoms. The number of rotatable bonds is 5. The molecule has 0 aliphatic heterocycles. The molecule has 0 atom stereocenters. The number of hydrogen-bond donors (Lipinski definition) is 3. The number of carbonyl (C=O) groups is 2. The third-order valence-corrected chi connectivity index (χ3v) is 4.38. The molecule has 0 aromatic heterocycles. The van der Waals surface area contributed by atoms with E-state index in [4.69, 9.17) is 17.3 Å². The van der Waals surface area contributed by atoms with Crippen molar-refractivity contribution in [2.45, 2.75) is 6.54 Å². The molecule has 140 valence electrons. The fraction of sp³-hybridized carbons (Fsp3) is 0.0455. The van der Waals surface area contributed by atoms with Crippen LogP contribution < -0.4 is 10.6 Å². The number of amides is 1. The largest absolute Gasteiger partial charge is 0.478 e. The second kappa shape index (κ2) is 8.92. The minimum Gasteiger partial charge on any atom is -0.478 e. The van der Waals surface area contributed by atoms with Crippen molar-refractivity contribution >= 4 is 29.2 Å². The molecule has 0 unspecified atom stereocenters. The monoisotopic (exact) mass is 390 g/mol. The molecule has 0 bridgehead atoms. The number of nitrogens with one attached hydrogen (secondary N) is 2. The molecule has 3 aromatic rings. The maximum atomic E-state index is 12.3. The molecule has 6 heteroatoms. The van der Waals surface area contributed by atoms with Crippen molar-refractivity contribution in [3.05, 3.63) is 95.6 Å². The number of hydrogen-bond acceptors (Lipinski definition) is 3. The lowest BCUT2D eigenvalue weighted by Gasteiger charge is -2.10. The standard InChI is InChI=1S/C22H18N2O3S/c25-20(18-12-10-17(11-13-18)16-4-2-1-3-5-16)24-22(28)23-14-15-6-8-19(9-7-15)21(26)27/h1-13H,14H2,(H,26,27)(H2,23,24,25,28). The van der Waals surface area contributed by atoms with Crippen LogP contribution in [0.5, 0.6) is 0 Å². The van der Waals surface area contributed by atoms with E-state index in [0.29, 0.717) is 12.1 Å². The number of benzene rings is 3. The molecule has 0 heterocycles. The van der Waals surface area contributed by atoms with Gasteiger partial charge in [-0.05, 0) is 53.2 Å². The highest BCUT2D eigenvalue weighted by molar-refractivity contribution is 7.80. The minimum atomic E-state index is -0.972. The van der Waals surface area contributed by atoms with Gasteiger partial charge < -0.3 is 10.4 Å². The van der Waals surface area contributed by atoms with Gasteiger partial charge in [0.25, 0.3) is 5.91 Å². The highest BCUT2D eigenvalue weighted by atomic mass is 32.1. The first kappa shape index (κ1) is 19.3. The lowest BCUT2D eigenvalue weighted by Crippen LogP contribution is -2.38. The van der Waals surface area contributed by atoms with Gasteiger partial charge in [0.15, 0.2) is 5.11 Å². The fourth-order valence-electron chi connectivity index (χ4n) is 2.61. The number of carbonyl (C=O) groups excluding carboxylic acids is 1. The second-order valence-electron chi connectivity index (χ2n) is 6.08. The third kappa shape index (κ3) is 5.02. The van der Waals surface area contributed by atoms with Gasteiger partial charge in [-0.25, -0.2) is 4.79 Å². The lowest BCUT2D eigenvalue weighted by molar-refractivity contribution is 0.0696. The van der Waals surface area contributed by atoms with E-state index in [1.54, 1.807) is 24.3 Å². The summed E-state index contributed by atoms with van der Waals surface area (Å²) in [6, 6.07) is 23.7. The molecule has 3 aromatic carbocycles. The summed E-state index contributed by atoms with van der Waals surface area (Å²) in [5, 5.41) is 14.7. The minimum absolute atomic E-state index is 0.208. The Labute approximate surface area is 168 Å². The summed E-state index contributed by atoms with van der Waals surface area (Å²) in [6.07, 6.45) is 0. The van der Waals surface area contributed by atoms with Crippen LogP contribution in [0.1, 0.15) is 26.3 Å². The first-order valence-electron chi connectivity index (χ1n) is 8.60. The molecular weight excluding hydrogens is 372 g/mol. The Balaban J connectivity index is 1.54. The first-order valence-corrected chi connectivity index (χ1v) is 9.00. The van der Waals surface area contributed by atoms with Crippen molar-refractivity contribution in [1.29, 1.82) is 0 Å². The normalized spacial score (nSPS) is 10.1. The summed E-state index contributed by atoms with van der Waals surface area (Å²) < 4.78 is 0. The zero-order chi connectivity index (χ0) is 19.9. The van der Waals surface area contributed by atoms with Gasteiger partial charge >= 0.3 is 5.97 Å². The highest BCUT2D eigenvalue weighted by Gasteiger charge is 2.08. The van der Waals surface area contributed by atoms with Crippen LogP contribution in [0.3, 0.4) is 0 Å². The van der Waals surface area contributed by atoms with E-state index in [9.17, 15) is 9.59 Å². The molecular formula is C22H18N2O3S. The topological polar surface area (TPSA) is 78.4 Å². The molecule has 3 rings (SSSR count). The van der Waals surface area contributed by atoms with Gasteiger partial charge in [-0.2, -0.15) is 0 Å². The Bertz CT molecular complexity index is 985. The summed E-state index contributed by atoms with van der Waals surface area (Å²) in [4.78, 5) is 23.2. The predicted octanol–water partition coefficient (Wildman–Crippen LogP) is 3.86. The fourth-order valence-corrected chi connectivity index (χ4v) is 2.78. The van der Waals surface area contributed by atoms with Crippen molar-refractivity contribution in [2.75, 3.05) is 0 Å². The zero-order valence-corrected chi connectivity index (χ0v) is 15.7. The predicted molar refractivity (Wildman–Crippen MR) is 112 cm³/mol. The van der Waals surface area contributed by atoms with E-state index in [-0.39, 0.29) is 16.6 Å². The SMILES string of the molecule is O=C(O)c1ccc(CNC(=S)NC(=O)c2ccc(-c3ccccc3)cc2)cc1. The van der Waals surface area contributed by atoms with Crippen LogP contribution in [0, 0.1) is 0 Å². The van der Waals surface area contributed by atoms with Crippen molar-refractivity contribution in [2.24, 2.45) is 0 Å². The van der Waals surface area contributed by atoms with Crippen LogP contribution in [-0.2, 0) is 6.54 Å². The molecule has 0 aliphatic rings. The third-order valence-electron chi connectivity index (χ3n) is 4.14. The van der Waals surface area contributed by atoms with Gasteiger partial charge in [0, 0.05) is 12.1 Å². The average molecular weight is 390 g/mol. The average Bonchev–Trinajstić information content (AvgIpc) is 2.73. The van der Waals surface area contributed by atoms with Crippen molar-refractivity contribution in [3.8, 4) is 11.1 Å². The number of thiocarbonyl (C=S) groups is 1. The second-order valence-corrected chi connectivity index (χ2v) is 6.49. The molecule has 1 amide bonds. The van der Waals surface area contributed by atoms with Gasteiger partial charge in [-0.1, -0.05) is 54.6 Å². The Kier molecular flexibility index (Phi) is 6.14. The molecule has 3 N–H and O–H groups in total. The van der Waals surface area contributed by atoms with Crippen LogP contribution in [0.2, 0.25) is 0 Å². The quantitative estimate of drug-likeness (QED) is 0.577. The molecule has 28 heavy (non-hydrogen) atoms. The van der Waals surface area contributed by atoms with Crippen LogP contribution in [0.25, 0.3) is 11.1 Å². The van der Waals surface area contributed by atoms with E-state index in [2.05, 4.69) is 10.6 Å². The molecule has 0 radical (unpaired) electrons. The van der Waals surface area contributed by atoms with Crippen LogP contribution in [0.15, 0.2) is 78.9 Å². The van der Waals surface area contributed by atoms with E-state index >= 15 is 0 Å².